The van der Waals surface area contributed by atoms with Gasteiger partial charge in [0.25, 0.3) is 5.89 Å². The van der Waals surface area contributed by atoms with Crippen LogP contribution in [0.15, 0.2) is 83.4 Å². The van der Waals surface area contributed by atoms with Crippen molar-refractivity contribution in [2.24, 2.45) is 0 Å². The van der Waals surface area contributed by atoms with Crippen molar-refractivity contribution in [2.45, 2.75) is 6.10 Å². The van der Waals surface area contributed by atoms with Crippen molar-refractivity contribution >= 4 is 11.7 Å². The largest absolute Gasteiger partial charge is 0.486 e. The number of likely N-dealkylation sites (tertiary alicyclic amines) is 1. The van der Waals surface area contributed by atoms with Crippen LogP contribution in [0.1, 0.15) is 0 Å². The van der Waals surface area contributed by atoms with Crippen LogP contribution in [0.5, 0.6) is 5.75 Å². The molecule has 3 aromatic carbocycles. The number of rotatable bonds is 5. The number of nitrogens with one attached hydrogen (secondary N) is 1. The molecular weight excluding hydrogens is 411 g/mol. The van der Waals surface area contributed by atoms with Crippen LogP contribution < -0.4 is 10.1 Å². The highest BCUT2D eigenvalue weighted by molar-refractivity contribution is 5.90. The van der Waals surface area contributed by atoms with Gasteiger partial charge in [-0.15, -0.1) is 0 Å². The molecule has 32 heavy (non-hydrogen) atoms. The average molecular weight is 430 g/mol. The van der Waals surface area contributed by atoms with Crippen LogP contribution in [-0.2, 0) is 0 Å². The van der Waals surface area contributed by atoms with E-state index in [2.05, 4.69) is 15.5 Å². The fourth-order valence-electron chi connectivity index (χ4n) is 3.40. The van der Waals surface area contributed by atoms with E-state index in [9.17, 15) is 9.18 Å². The minimum Gasteiger partial charge on any atom is -0.486 e. The van der Waals surface area contributed by atoms with Crippen molar-refractivity contribution < 1.29 is 18.4 Å². The first-order chi connectivity index (χ1) is 15.7. The highest BCUT2D eigenvalue weighted by atomic mass is 19.1. The lowest BCUT2D eigenvalue weighted by molar-refractivity contribution is 0.0495. The predicted molar refractivity (Wildman–Crippen MR) is 117 cm³/mol. The Morgan fingerprint density at radius 2 is 1.72 bits per heavy atom. The monoisotopic (exact) mass is 430 g/mol. The molecule has 1 aromatic heterocycles. The van der Waals surface area contributed by atoms with Crippen molar-refractivity contribution in [3.63, 3.8) is 0 Å². The van der Waals surface area contributed by atoms with Crippen LogP contribution in [0.25, 0.3) is 22.8 Å². The number of para-hydroxylation sites is 2. The second-order valence-corrected chi connectivity index (χ2v) is 7.34. The number of carbonyl (C=O) groups excluding carboxylic acids is 1. The van der Waals surface area contributed by atoms with E-state index in [4.69, 9.17) is 9.26 Å². The Morgan fingerprint density at radius 3 is 2.53 bits per heavy atom. The summed E-state index contributed by atoms with van der Waals surface area (Å²) in [5.41, 5.74) is 1.69. The number of carbonyl (C=O) groups is 1. The third-order valence-electron chi connectivity index (χ3n) is 5.12. The molecule has 5 rings (SSSR count). The molecule has 0 saturated carbocycles. The van der Waals surface area contributed by atoms with Crippen LogP contribution in [-0.4, -0.2) is 40.3 Å². The van der Waals surface area contributed by atoms with E-state index < -0.39 is 5.82 Å². The average Bonchev–Trinajstić information content (AvgIpc) is 3.28. The molecule has 1 aliphatic rings. The lowest BCUT2D eigenvalue weighted by Gasteiger charge is -2.39. The number of nitrogens with zero attached hydrogens (tertiary/aromatic N) is 3. The van der Waals surface area contributed by atoms with Gasteiger partial charge in [0.05, 0.1) is 24.3 Å². The molecule has 8 heteroatoms. The number of anilines is 1. The number of ether oxygens (including phenoxy) is 1. The van der Waals surface area contributed by atoms with Crippen LogP contribution >= 0.6 is 0 Å². The summed E-state index contributed by atoms with van der Waals surface area (Å²) in [4.78, 5) is 18.4. The molecule has 2 amide bonds. The van der Waals surface area contributed by atoms with E-state index in [0.717, 1.165) is 5.56 Å². The van der Waals surface area contributed by atoms with Gasteiger partial charge in [-0.05, 0) is 24.3 Å². The van der Waals surface area contributed by atoms with Crippen LogP contribution in [0.3, 0.4) is 0 Å². The number of urea groups is 1. The highest BCUT2D eigenvalue weighted by Gasteiger charge is 2.33. The second kappa shape index (κ2) is 8.50. The molecule has 1 N–H and O–H groups in total. The molecule has 1 saturated heterocycles. The number of amides is 2. The lowest BCUT2D eigenvalue weighted by atomic mass is 10.1. The standard InChI is InChI=1S/C24H19FN4O3/c25-19-11-5-6-12-20(19)26-24(30)29-14-17(15-29)31-21-13-7-4-10-18(21)23-27-22(28-32-23)16-8-2-1-3-9-16/h1-13,17H,14-15H2,(H,26,30). The van der Waals surface area contributed by atoms with E-state index in [1.165, 1.54) is 12.1 Å². The first-order valence-corrected chi connectivity index (χ1v) is 10.1. The normalized spacial score (nSPS) is 13.5. The van der Waals surface area contributed by atoms with E-state index in [0.29, 0.717) is 36.1 Å². The smallest absolute Gasteiger partial charge is 0.322 e. The number of aromatic nitrogens is 2. The zero-order valence-corrected chi connectivity index (χ0v) is 16.9. The van der Waals surface area contributed by atoms with Crippen molar-refractivity contribution in [1.29, 1.82) is 0 Å². The molecule has 0 radical (unpaired) electrons. The van der Waals surface area contributed by atoms with Gasteiger partial charge in [-0.2, -0.15) is 4.98 Å². The summed E-state index contributed by atoms with van der Waals surface area (Å²) >= 11 is 0. The highest BCUT2D eigenvalue weighted by Crippen LogP contribution is 2.32. The van der Waals surface area contributed by atoms with E-state index in [-0.39, 0.29) is 17.8 Å². The Labute approximate surface area is 183 Å². The van der Waals surface area contributed by atoms with Gasteiger partial charge in [-0.3, -0.25) is 0 Å². The maximum Gasteiger partial charge on any atom is 0.322 e. The van der Waals surface area contributed by atoms with Crippen molar-refractivity contribution in [3.8, 4) is 28.6 Å². The maximum atomic E-state index is 13.7. The van der Waals surface area contributed by atoms with Crippen LogP contribution in [0.4, 0.5) is 14.9 Å². The summed E-state index contributed by atoms with van der Waals surface area (Å²) in [7, 11) is 0. The zero-order valence-electron chi connectivity index (χ0n) is 16.9. The van der Waals surface area contributed by atoms with E-state index in [1.807, 2.05) is 54.6 Å². The molecule has 4 aromatic rings. The summed E-state index contributed by atoms with van der Waals surface area (Å²) in [6.45, 7) is 0.765. The molecular formula is C24H19FN4O3. The molecule has 160 valence electrons. The Hall–Kier alpha value is -4.20. The third-order valence-corrected chi connectivity index (χ3v) is 5.12. The fraction of sp³-hybridized carbons (Fsp3) is 0.125. The molecule has 7 nitrogen and oxygen atoms in total. The molecule has 0 bridgehead atoms. The second-order valence-electron chi connectivity index (χ2n) is 7.34. The minimum absolute atomic E-state index is 0.151. The topological polar surface area (TPSA) is 80.5 Å². The first-order valence-electron chi connectivity index (χ1n) is 10.1. The van der Waals surface area contributed by atoms with E-state index >= 15 is 0 Å². The molecule has 2 heterocycles. The van der Waals surface area contributed by atoms with Gasteiger partial charge in [0.15, 0.2) is 0 Å². The Morgan fingerprint density at radius 1 is 1.00 bits per heavy atom. The molecule has 1 fully saturated rings. The van der Waals surface area contributed by atoms with Crippen molar-refractivity contribution in [2.75, 3.05) is 18.4 Å². The number of hydrogen-bond donors (Lipinski definition) is 1. The fourth-order valence-corrected chi connectivity index (χ4v) is 3.40. The predicted octanol–water partition coefficient (Wildman–Crippen LogP) is 4.84. The van der Waals surface area contributed by atoms with Gasteiger partial charge in [0.1, 0.15) is 17.7 Å². The summed E-state index contributed by atoms with van der Waals surface area (Å²) in [6, 6.07) is 22.6. The summed E-state index contributed by atoms with van der Waals surface area (Å²) in [5, 5.41) is 6.64. The van der Waals surface area contributed by atoms with Gasteiger partial charge < -0.3 is 19.5 Å². The summed E-state index contributed by atoms with van der Waals surface area (Å²) < 4.78 is 25.3. The molecule has 0 spiro atoms. The van der Waals surface area contributed by atoms with Gasteiger partial charge in [-0.1, -0.05) is 59.8 Å². The third kappa shape index (κ3) is 4.02. The van der Waals surface area contributed by atoms with Gasteiger partial charge in [0.2, 0.25) is 5.82 Å². The summed E-state index contributed by atoms with van der Waals surface area (Å²) in [6.07, 6.45) is -0.195. The first kappa shape index (κ1) is 19.7. The van der Waals surface area contributed by atoms with Crippen molar-refractivity contribution in [1.82, 2.24) is 15.0 Å². The maximum absolute atomic E-state index is 13.7. The van der Waals surface area contributed by atoms with Gasteiger partial charge >= 0.3 is 6.03 Å². The SMILES string of the molecule is O=C(Nc1ccccc1F)N1CC(Oc2ccccc2-c2nc(-c3ccccc3)no2)C1. The molecule has 1 aliphatic heterocycles. The Kier molecular flexibility index (Phi) is 5.25. The Bertz CT molecular complexity index is 1240. The quantitative estimate of drug-likeness (QED) is 0.490. The minimum atomic E-state index is -0.475. The number of hydrogen-bond acceptors (Lipinski definition) is 5. The van der Waals surface area contributed by atoms with Gasteiger partial charge in [0, 0.05) is 5.56 Å². The molecule has 0 unspecified atom stereocenters. The number of halogens is 1. The van der Waals surface area contributed by atoms with Crippen molar-refractivity contribution in [3.05, 3.63) is 84.7 Å². The summed E-state index contributed by atoms with van der Waals surface area (Å²) in [5.74, 6) is 0.968. The number of benzene rings is 3. The molecule has 0 atom stereocenters. The molecule has 0 aliphatic carbocycles. The van der Waals surface area contributed by atoms with Crippen LogP contribution in [0.2, 0.25) is 0 Å². The van der Waals surface area contributed by atoms with Gasteiger partial charge in [-0.25, -0.2) is 9.18 Å². The zero-order chi connectivity index (χ0) is 21.9. The van der Waals surface area contributed by atoms with Crippen LogP contribution in [0, 0.1) is 5.82 Å². The lowest BCUT2D eigenvalue weighted by Crippen LogP contribution is -2.57. The van der Waals surface area contributed by atoms with E-state index in [1.54, 1.807) is 17.0 Å². The Balaban J connectivity index is 1.24.